The molecule has 2 aromatic heterocycles. The first-order chi connectivity index (χ1) is 8.15. The number of nitrogens with two attached hydrogens (primary N) is 1. The lowest BCUT2D eigenvalue weighted by atomic mass is 10.3. The standard InChI is InChI=1S/C10H7F2N5/c11-5-1-7-8(2-6(5)12)16-10(15-7)4-3-14-17-9(4)13/h1-3H,(H,15,16)(H3,13,14,17). The highest BCUT2D eigenvalue weighted by Gasteiger charge is 2.12. The van der Waals surface area contributed by atoms with E-state index in [1.54, 1.807) is 0 Å². The molecule has 0 spiro atoms. The van der Waals surface area contributed by atoms with Crippen LogP contribution >= 0.6 is 0 Å². The maximum atomic E-state index is 13.0. The van der Waals surface area contributed by atoms with Crippen LogP contribution in [0, 0.1) is 11.6 Å². The molecule has 3 aromatic rings. The number of hydrogen-bond acceptors (Lipinski definition) is 3. The molecule has 0 saturated heterocycles. The molecule has 0 amide bonds. The first-order valence-electron chi connectivity index (χ1n) is 4.79. The van der Waals surface area contributed by atoms with Crippen molar-refractivity contribution >= 4 is 16.9 Å². The molecular formula is C10H7F2N5. The fourth-order valence-corrected chi connectivity index (χ4v) is 1.62. The lowest BCUT2D eigenvalue weighted by Crippen LogP contribution is -1.88. The molecule has 0 bridgehead atoms. The molecule has 4 N–H and O–H groups in total. The van der Waals surface area contributed by atoms with Gasteiger partial charge in [-0.15, -0.1) is 0 Å². The number of hydrogen-bond donors (Lipinski definition) is 3. The summed E-state index contributed by atoms with van der Waals surface area (Å²) < 4.78 is 26.0. The Balaban J connectivity index is 2.24. The molecule has 1 aromatic carbocycles. The van der Waals surface area contributed by atoms with Crippen molar-refractivity contribution in [3.8, 4) is 11.4 Å². The molecule has 2 heterocycles. The molecule has 5 nitrogen and oxygen atoms in total. The van der Waals surface area contributed by atoms with E-state index in [2.05, 4.69) is 20.2 Å². The molecule has 86 valence electrons. The Morgan fingerprint density at radius 1 is 1.18 bits per heavy atom. The minimum atomic E-state index is -0.935. The zero-order valence-corrected chi connectivity index (χ0v) is 8.46. The van der Waals surface area contributed by atoms with Gasteiger partial charge in [0, 0.05) is 12.1 Å². The summed E-state index contributed by atoms with van der Waals surface area (Å²) in [6, 6.07) is 2.08. The van der Waals surface area contributed by atoms with Crippen molar-refractivity contribution in [2.24, 2.45) is 0 Å². The average Bonchev–Trinajstić information content (AvgIpc) is 2.85. The second kappa shape index (κ2) is 3.27. The number of nitrogen functional groups attached to an aromatic ring is 1. The van der Waals surface area contributed by atoms with Gasteiger partial charge in [0.25, 0.3) is 0 Å². The van der Waals surface area contributed by atoms with Crippen LogP contribution in [0.4, 0.5) is 14.6 Å². The third-order valence-corrected chi connectivity index (χ3v) is 2.45. The first kappa shape index (κ1) is 9.76. The Kier molecular flexibility index (Phi) is 1.88. The van der Waals surface area contributed by atoms with Crippen molar-refractivity contribution in [2.75, 3.05) is 5.73 Å². The lowest BCUT2D eigenvalue weighted by molar-refractivity contribution is 0.510. The molecule has 7 heteroatoms. The highest BCUT2D eigenvalue weighted by Crippen LogP contribution is 2.24. The largest absolute Gasteiger partial charge is 0.383 e. The highest BCUT2D eigenvalue weighted by molar-refractivity contribution is 5.81. The van der Waals surface area contributed by atoms with E-state index in [1.165, 1.54) is 6.20 Å². The first-order valence-corrected chi connectivity index (χ1v) is 4.79. The van der Waals surface area contributed by atoms with Crippen molar-refractivity contribution < 1.29 is 8.78 Å². The van der Waals surface area contributed by atoms with E-state index in [9.17, 15) is 8.78 Å². The van der Waals surface area contributed by atoms with Crippen LogP contribution in [0.5, 0.6) is 0 Å². The van der Waals surface area contributed by atoms with E-state index in [0.29, 0.717) is 28.2 Å². The zero-order chi connectivity index (χ0) is 12.0. The van der Waals surface area contributed by atoms with Gasteiger partial charge in [-0.05, 0) is 0 Å². The molecule has 0 fully saturated rings. The van der Waals surface area contributed by atoms with Crippen molar-refractivity contribution in [1.29, 1.82) is 0 Å². The van der Waals surface area contributed by atoms with E-state index < -0.39 is 11.6 Å². The van der Waals surface area contributed by atoms with Gasteiger partial charge < -0.3 is 10.7 Å². The van der Waals surface area contributed by atoms with Crippen LogP contribution in [-0.2, 0) is 0 Å². The Morgan fingerprint density at radius 3 is 2.65 bits per heavy atom. The van der Waals surface area contributed by atoms with Crippen LogP contribution in [0.2, 0.25) is 0 Å². The van der Waals surface area contributed by atoms with E-state index in [4.69, 9.17) is 5.73 Å². The number of nitrogens with zero attached hydrogens (tertiary/aromatic N) is 2. The molecule has 0 aliphatic carbocycles. The second-order valence-electron chi connectivity index (χ2n) is 3.57. The van der Waals surface area contributed by atoms with E-state index in [1.807, 2.05) is 0 Å². The summed E-state index contributed by atoms with van der Waals surface area (Å²) in [6.45, 7) is 0. The molecule has 0 aliphatic rings. The number of nitrogens with one attached hydrogen (secondary N) is 2. The smallest absolute Gasteiger partial charge is 0.161 e. The van der Waals surface area contributed by atoms with Crippen LogP contribution < -0.4 is 5.73 Å². The van der Waals surface area contributed by atoms with Crippen LogP contribution in [0.15, 0.2) is 18.3 Å². The van der Waals surface area contributed by atoms with Crippen molar-refractivity contribution in [2.45, 2.75) is 0 Å². The summed E-state index contributed by atoms with van der Waals surface area (Å²) in [5.41, 5.74) is 6.92. The van der Waals surface area contributed by atoms with Gasteiger partial charge in [0.1, 0.15) is 11.6 Å². The number of aromatic nitrogens is 4. The average molecular weight is 235 g/mol. The van der Waals surface area contributed by atoms with Crippen LogP contribution in [-0.4, -0.2) is 20.2 Å². The Morgan fingerprint density at radius 2 is 1.94 bits per heavy atom. The van der Waals surface area contributed by atoms with Gasteiger partial charge in [-0.2, -0.15) is 5.10 Å². The number of aromatic amines is 2. The van der Waals surface area contributed by atoms with Crippen molar-refractivity contribution in [3.05, 3.63) is 30.0 Å². The molecule has 0 saturated carbocycles. The van der Waals surface area contributed by atoms with Gasteiger partial charge in [-0.25, -0.2) is 13.8 Å². The SMILES string of the molecule is Nc1[nH]ncc1-c1nc2cc(F)c(F)cc2[nH]1. The van der Waals surface area contributed by atoms with Gasteiger partial charge in [0.15, 0.2) is 11.6 Å². The normalized spacial score (nSPS) is 11.2. The number of fused-ring (bicyclic) bond motifs is 1. The molecule has 0 aliphatic heterocycles. The third-order valence-electron chi connectivity index (χ3n) is 2.45. The van der Waals surface area contributed by atoms with Crippen LogP contribution in [0.1, 0.15) is 0 Å². The summed E-state index contributed by atoms with van der Waals surface area (Å²) in [7, 11) is 0. The minimum Gasteiger partial charge on any atom is -0.383 e. The van der Waals surface area contributed by atoms with Crippen molar-refractivity contribution in [3.63, 3.8) is 0 Å². The maximum absolute atomic E-state index is 13.0. The number of halogens is 2. The summed E-state index contributed by atoms with van der Waals surface area (Å²) >= 11 is 0. The molecule has 0 radical (unpaired) electrons. The van der Waals surface area contributed by atoms with Gasteiger partial charge in [-0.3, -0.25) is 5.10 Å². The molecule has 17 heavy (non-hydrogen) atoms. The third kappa shape index (κ3) is 1.43. The molecule has 0 atom stereocenters. The number of imidazole rings is 1. The van der Waals surface area contributed by atoms with E-state index in [-0.39, 0.29) is 0 Å². The summed E-state index contributed by atoms with van der Waals surface area (Å²) in [5.74, 6) is -1.11. The number of benzene rings is 1. The monoisotopic (exact) mass is 235 g/mol. The minimum absolute atomic E-state index is 0.333. The van der Waals surface area contributed by atoms with Crippen molar-refractivity contribution in [1.82, 2.24) is 20.2 Å². The Labute approximate surface area is 93.7 Å². The summed E-state index contributed by atoms with van der Waals surface area (Å²) in [6.07, 6.45) is 1.49. The number of anilines is 1. The van der Waals surface area contributed by atoms with E-state index >= 15 is 0 Å². The van der Waals surface area contributed by atoms with Crippen LogP contribution in [0.25, 0.3) is 22.4 Å². The molecule has 3 rings (SSSR count). The fraction of sp³-hybridized carbons (Fsp3) is 0. The predicted octanol–water partition coefficient (Wildman–Crippen LogP) is 1.81. The molecule has 0 unspecified atom stereocenters. The van der Waals surface area contributed by atoms with Gasteiger partial charge in [0.05, 0.1) is 22.8 Å². The van der Waals surface area contributed by atoms with E-state index in [0.717, 1.165) is 12.1 Å². The van der Waals surface area contributed by atoms with Gasteiger partial charge in [0.2, 0.25) is 0 Å². The Hall–Kier alpha value is -2.44. The highest BCUT2D eigenvalue weighted by atomic mass is 19.2. The summed E-state index contributed by atoms with van der Waals surface area (Å²) in [4.78, 5) is 6.96. The fourth-order valence-electron chi connectivity index (χ4n) is 1.62. The molecular weight excluding hydrogens is 228 g/mol. The van der Waals surface area contributed by atoms with Gasteiger partial charge >= 0.3 is 0 Å². The number of H-pyrrole nitrogens is 2. The topological polar surface area (TPSA) is 83.4 Å². The zero-order valence-electron chi connectivity index (χ0n) is 8.46. The van der Waals surface area contributed by atoms with Crippen LogP contribution in [0.3, 0.4) is 0 Å². The lowest BCUT2D eigenvalue weighted by Gasteiger charge is -1.91. The summed E-state index contributed by atoms with van der Waals surface area (Å²) in [5, 5.41) is 6.30. The second-order valence-corrected chi connectivity index (χ2v) is 3.57. The maximum Gasteiger partial charge on any atom is 0.161 e. The van der Waals surface area contributed by atoms with Gasteiger partial charge in [-0.1, -0.05) is 0 Å². The Bertz CT molecular complexity index is 661. The predicted molar refractivity (Wildman–Crippen MR) is 58.0 cm³/mol. The quantitative estimate of drug-likeness (QED) is 0.601. The number of rotatable bonds is 1.